The lowest BCUT2D eigenvalue weighted by atomic mass is 10.00. The molecule has 5 nitrogen and oxygen atoms in total. The number of hydrogen-bond donors (Lipinski definition) is 3. The van der Waals surface area contributed by atoms with E-state index in [2.05, 4.69) is 0 Å². The summed E-state index contributed by atoms with van der Waals surface area (Å²) >= 11 is 0. The average Bonchev–Trinajstić information content (AvgIpc) is 2.37. The molecule has 5 heteroatoms. The molecule has 0 radical (unpaired) electrons. The molecule has 0 spiro atoms. The molecule has 1 aliphatic rings. The molecule has 0 amide bonds. The van der Waals surface area contributed by atoms with Gasteiger partial charge in [-0.05, 0) is 12.5 Å². The molecule has 100 valence electrons. The molecule has 0 saturated carbocycles. The van der Waals surface area contributed by atoms with E-state index in [1.54, 1.807) is 6.92 Å². The molecule has 2 rings (SSSR count). The predicted molar refractivity (Wildman–Crippen MR) is 63.6 cm³/mol. The molecular formula is C13H18O5. The first-order valence-corrected chi connectivity index (χ1v) is 5.95. The third kappa shape index (κ3) is 2.88. The Kier molecular flexibility index (Phi) is 4.31. The fraction of sp³-hybridized carbons (Fsp3) is 0.538. The minimum Gasteiger partial charge on any atom is -0.387 e. The highest BCUT2D eigenvalue weighted by atomic mass is 16.6. The first-order valence-electron chi connectivity index (χ1n) is 5.95. The van der Waals surface area contributed by atoms with E-state index in [4.69, 9.17) is 9.47 Å². The Bertz CT molecular complexity index is 369. The van der Waals surface area contributed by atoms with Gasteiger partial charge in [-0.1, -0.05) is 30.3 Å². The van der Waals surface area contributed by atoms with E-state index in [-0.39, 0.29) is 0 Å². The monoisotopic (exact) mass is 254 g/mol. The lowest BCUT2D eigenvalue weighted by Crippen LogP contribution is -2.57. The molecule has 1 heterocycles. The van der Waals surface area contributed by atoms with Gasteiger partial charge >= 0.3 is 0 Å². The first kappa shape index (κ1) is 13.5. The molecular weight excluding hydrogens is 236 g/mol. The Morgan fingerprint density at radius 3 is 2.44 bits per heavy atom. The molecule has 0 bridgehead atoms. The van der Waals surface area contributed by atoms with Crippen LogP contribution >= 0.6 is 0 Å². The zero-order valence-corrected chi connectivity index (χ0v) is 10.1. The molecule has 1 fully saturated rings. The first-order chi connectivity index (χ1) is 8.59. The summed E-state index contributed by atoms with van der Waals surface area (Å²) in [5.41, 5.74) is 0.970. The van der Waals surface area contributed by atoms with Crippen LogP contribution in [0.15, 0.2) is 30.3 Å². The van der Waals surface area contributed by atoms with Crippen molar-refractivity contribution in [3.8, 4) is 0 Å². The van der Waals surface area contributed by atoms with E-state index < -0.39 is 30.7 Å². The summed E-state index contributed by atoms with van der Waals surface area (Å²) in [6.45, 7) is 2.01. The number of rotatable bonds is 3. The normalized spacial score (nSPS) is 36.6. The van der Waals surface area contributed by atoms with Crippen LogP contribution in [-0.2, 0) is 16.1 Å². The van der Waals surface area contributed by atoms with Crippen LogP contribution in [0.2, 0.25) is 0 Å². The van der Waals surface area contributed by atoms with Crippen molar-refractivity contribution >= 4 is 0 Å². The third-order valence-electron chi connectivity index (χ3n) is 3.08. The highest BCUT2D eigenvalue weighted by Crippen LogP contribution is 2.23. The van der Waals surface area contributed by atoms with Gasteiger partial charge in [-0.2, -0.15) is 0 Å². The molecule has 0 aromatic heterocycles. The molecule has 1 aliphatic heterocycles. The van der Waals surface area contributed by atoms with E-state index in [1.165, 1.54) is 0 Å². The largest absolute Gasteiger partial charge is 0.387 e. The molecule has 3 N–H and O–H groups in total. The maximum absolute atomic E-state index is 9.84. The van der Waals surface area contributed by atoms with Crippen LogP contribution in [0.5, 0.6) is 0 Å². The summed E-state index contributed by atoms with van der Waals surface area (Å²) in [5.74, 6) is 0. The predicted octanol–water partition coefficient (Wildman–Crippen LogP) is 0.0307. The van der Waals surface area contributed by atoms with E-state index in [9.17, 15) is 15.3 Å². The maximum Gasteiger partial charge on any atom is 0.183 e. The number of aliphatic hydroxyl groups is 3. The Morgan fingerprint density at radius 1 is 1.11 bits per heavy atom. The molecule has 0 aliphatic carbocycles. The molecule has 1 aromatic rings. The van der Waals surface area contributed by atoms with Gasteiger partial charge in [-0.3, -0.25) is 0 Å². The van der Waals surface area contributed by atoms with Gasteiger partial charge in [-0.25, -0.2) is 0 Å². The number of ether oxygens (including phenoxy) is 2. The fourth-order valence-electron chi connectivity index (χ4n) is 2.02. The standard InChI is InChI=1S/C13H18O5/c1-8-12(10(14)11(15)13(16)18-8)17-7-9-5-3-2-4-6-9/h2-6,8,10-16H,7H2,1H3/t8-,10+,11-,12-,13+/m0/s1. The van der Waals surface area contributed by atoms with Crippen molar-refractivity contribution in [2.24, 2.45) is 0 Å². The average molecular weight is 254 g/mol. The van der Waals surface area contributed by atoms with Gasteiger partial charge in [0.05, 0.1) is 12.7 Å². The van der Waals surface area contributed by atoms with E-state index in [0.717, 1.165) is 5.56 Å². The number of hydrogen-bond acceptors (Lipinski definition) is 5. The van der Waals surface area contributed by atoms with Gasteiger partial charge in [0.1, 0.15) is 18.3 Å². The quantitative estimate of drug-likeness (QED) is 0.709. The smallest absolute Gasteiger partial charge is 0.183 e. The lowest BCUT2D eigenvalue weighted by molar-refractivity contribution is -0.287. The molecule has 1 aromatic carbocycles. The summed E-state index contributed by atoms with van der Waals surface area (Å²) in [7, 11) is 0. The topological polar surface area (TPSA) is 79.2 Å². The highest BCUT2D eigenvalue weighted by molar-refractivity contribution is 5.13. The molecule has 1 saturated heterocycles. The van der Waals surface area contributed by atoms with Crippen molar-refractivity contribution < 1.29 is 24.8 Å². The summed E-state index contributed by atoms with van der Waals surface area (Å²) in [4.78, 5) is 0. The van der Waals surface area contributed by atoms with Crippen molar-refractivity contribution in [1.82, 2.24) is 0 Å². The van der Waals surface area contributed by atoms with Crippen molar-refractivity contribution in [2.45, 2.75) is 44.2 Å². The van der Waals surface area contributed by atoms with Gasteiger partial charge in [0.2, 0.25) is 0 Å². The number of benzene rings is 1. The molecule has 0 unspecified atom stereocenters. The van der Waals surface area contributed by atoms with Crippen LogP contribution in [0.3, 0.4) is 0 Å². The third-order valence-corrected chi connectivity index (χ3v) is 3.08. The van der Waals surface area contributed by atoms with Gasteiger partial charge in [0.15, 0.2) is 6.29 Å². The highest BCUT2D eigenvalue weighted by Gasteiger charge is 2.42. The Hall–Kier alpha value is -0.980. The van der Waals surface area contributed by atoms with Gasteiger partial charge in [0, 0.05) is 0 Å². The Balaban J connectivity index is 1.96. The Labute approximate surface area is 106 Å². The minimum atomic E-state index is -1.37. The lowest BCUT2D eigenvalue weighted by Gasteiger charge is -2.39. The van der Waals surface area contributed by atoms with Crippen molar-refractivity contribution in [1.29, 1.82) is 0 Å². The van der Waals surface area contributed by atoms with Gasteiger partial charge < -0.3 is 24.8 Å². The second-order valence-corrected chi connectivity index (χ2v) is 4.47. The van der Waals surface area contributed by atoms with Crippen molar-refractivity contribution in [3.63, 3.8) is 0 Å². The fourth-order valence-corrected chi connectivity index (χ4v) is 2.02. The number of aliphatic hydroxyl groups excluding tert-OH is 3. The van der Waals surface area contributed by atoms with E-state index in [1.807, 2.05) is 30.3 Å². The minimum absolute atomic E-state index is 0.319. The SMILES string of the molecule is C[C@@H]1O[C@@H](O)[C@@H](O)[C@@H](O)[C@H]1OCc1ccccc1. The summed E-state index contributed by atoms with van der Waals surface area (Å²) in [5, 5.41) is 28.7. The molecule has 5 atom stereocenters. The van der Waals surface area contributed by atoms with Crippen LogP contribution in [0, 0.1) is 0 Å². The zero-order chi connectivity index (χ0) is 13.1. The van der Waals surface area contributed by atoms with Crippen LogP contribution in [0.1, 0.15) is 12.5 Å². The maximum atomic E-state index is 9.84. The van der Waals surface area contributed by atoms with Crippen molar-refractivity contribution in [3.05, 3.63) is 35.9 Å². The van der Waals surface area contributed by atoms with Crippen LogP contribution < -0.4 is 0 Å². The molecule has 18 heavy (non-hydrogen) atoms. The van der Waals surface area contributed by atoms with Gasteiger partial charge in [0.25, 0.3) is 0 Å². The zero-order valence-electron chi connectivity index (χ0n) is 10.1. The Morgan fingerprint density at radius 2 is 1.78 bits per heavy atom. The summed E-state index contributed by atoms with van der Waals surface area (Å²) in [6.07, 6.45) is -5.02. The van der Waals surface area contributed by atoms with Crippen molar-refractivity contribution in [2.75, 3.05) is 0 Å². The van der Waals surface area contributed by atoms with Crippen LogP contribution in [0.25, 0.3) is 0 Å². The van der Waals surface area contributed by atoms with E-state index >= 15 is 0 Å². The summed E-state index contributed by atoms with van der Waals surface area (Å²) in [6, 6.07) is 9.52. The van der Waals surface area contributed by atoms with E-state index in [0.29, 0.717) is 6.61 Å². The summed E-state index contributed by atoms with van der Waals surface area (Å²) < 4.78 is 10.7. The second kappa shape index (κ2) is 5.77. The van der Waals surface area contributed by atoms with Crippen LogP contribution in [0.4, 0.5) is 0 Å². The van der Waals surface area contributed by atoms with Gasteiger partial charge in [-0.15, -0.1) is 0 Å². The second-order valence-electron chi connectivity index (χ2n) is 4.47. The van der Waals surface area contributed by atoms with Crippen LogP contribution in [-0.4, -0.2) is 46.0 Å².